The average Bonchev–Trinajstić information content (AvgIpc) is 2.78. The second kappa shape index (κ2) is 4.81. The predicted molar refractivity (Wildman–Crippen MR) is 73.4 cm³/mol. The van der Waals surface area contributed by atoms with Crippen LogP contribution in [0.4, 0.5) is 14.7 Å². The first-order valence-electron chi connectivity index (χ1n) is 5.78. The number of pyridine rings is 2. The summed E-state index contributed by atoms with van der Waals surface area (Å²) in [5, 5.41) is 4.32. The third kappa shape index (κ3) is 2.33. The van der Waals surface area contributed by atoms with E-state index in [4.69, 9.17) is 17.3 Å². The first-order valence-corrected chi connectivity index (χ1v) is 6.16. The first kappa shape index (κ1) is 13.5. The van der Waals surface area contributed by atoms with Crippen molar-refractivity contribution in [2.75, 3.05) is 5.73 Å². The molecule has 0 aliphatic rings. The zero-order valence-electron chi connectivity index (χ0n) is 10.4. The Bertz CT molecular complexity index is 889. The van der Waals surface area contributed by atoms with Crippen molar-refractivity contribution in [3.63, 3.8) is 0 Å². The topological polar surface area (TPSA) is 78.2 Å². The fraction of sp³-hybridized carbons (Fsp3) is 0.0833. The molecule has 0 aliphatic carbocycles. The van der Waals surface area contributed by atoms with E-state index < -0.39 is 12.1 Å². The average molecular weight is 312 g/mol. The molecule has 0 saturated heterocycles. The van der Waals surface area contributed by atoms with Crippen LogP contribution in [0.15, 0.2) is 35.3 Å². The molecular formula is C12H8ClF2N5O. The number of hydrogen-bond donors (Lipinski definition) is 1. The molecule has 3 aromatic rings. The number of alkyl halides is 2. The van der Waals surface area contributed by atoms with Gasteiger partial charge in [0.1, 0.15) is 0 Å². The van der Waals surface area contributed by atoms with Gasteiger partial charge in [-0.3, -0.25) is 9.36 Å². The minimum absolute atomic E-state index is 0.0284. The molecule has 3 heterocycles. The zero-order chi connectivity index (χ0) is 15.1. The highest BCUT2D eigenvalue weighted by molar-refractivity contribution is 6.31. The number of aromatic nitrogens is 4. The molecule has 0 unspecified atom stereocenters. The van der Waals surface area contributed by atoms with Crippen molar-refractivity contribution in [1.82, 2.24) is 19.2 Å². The van der Waals surface area contributed by atoms with Crippen LogP contribution < -0.4 is 11.3 Å². The normalized spacial score (nSPS) is 11.4. The molecule has 0 fully saturated rings. The van der Waals surface area contributed by atoms with Crippen LogP contribution in [0.1, 0.15) is 6.55 Å². The molecule has 0 aliphatic heterocycles. The van der Waals surface area contributed by atoms with E-state index in [2.05, 4.69) is 10.1 Å². The third-order valence-electron chi connectivity index (χ3n) is 2.86. The molecule has 6 nitrogen and oxygen atoms in total. The summed E-state index contributed by atoms with van der Waals surface area (Å²) in [5.74, 6) is 0.0284. The van der Waals surface area contributed by atoms with Gasteiger partial charge in [-0.15, -0.1) is 5.10 Å². The molecule has 3 aromatic heterocycles. The lowest BCUT2D eigenvalue weighted by atomic mass is 10.2. The van der Waals surface area contributed by atoms with Gasteiger partial charge in [0.2, 0.25) is 5.95 Å². The number of fused-ring (bicyclic) bond motifs is 1. The van der Waals surface area contributed by atoms with Gasteiger partial charge in [0.05, 0.1) is 5.69 Å². The van der Waals surface area contributed by atoms with Gasteiger partial charge in [0, 0.05) is 28.9 Å². The second-order valence-corrected chi connectivity index (χ2v) is 4.68. The summed E-state index contributed by atoms with van der Waals surface area (Å²) in [6, 6.07) is 5.52. The molecule has 2 N–H and O–H groups in total. The Morgan fingerprint density at radius 1 is 1.29 bits per heavy atom. The number of nitrogens with two attached hydrogens (primary N) is 1. The second-order valence-electron chi connectivity index (χ2n) is 4.24. The van der Waals surface area contributed by atoms with E-state index in [-0.39, 0.29) is 5.95 Å². The molecule has 3 rings (SSSR count). The van der Waals surface area contributed by atoms with Crippen LogP contribution in [0.3, 0.4) is 0 Å². The lowest BCUT2D eigenvalue weighted by Crippen LogP contribution is -2.19. The van der Waals surface area contributed by atoms with Crippen molar-refractivity contribution in [2.24, 2.45) is 0 Å². The molecule has 0 radical (unpaired) electrons. The van der Waals surface area contributed by atoms with Crippen LogP contribution in [0.25, 0.3) is 16.9 Å². The van der Waals surface area contributed by atoms with Gasteiger partial charge in [-0.1, -0.05) is 11.6 Å². The molecule has 0 atom stereocenters. The largest absolute Gasteiger partial charge is 0.366 e. The van der Waals surface area contributed by atoms with Crippen LogP contribution in [-0.4, -0.2) is 19.2 Å². The zero-order valence-corrected chi connectivity index (χ0v) is 11.1. The summed E-state index contributed by atoms with van der Waals surface area (Å²) >= 11 is 5.98. The van der Waals surface area contributed by atoms with Crippen molar-refractivity contribution in [2.45, 2.75) is 6.55 Å². The Morgan fingerprint density at radius 2 is 2.05 bits per heavy atom. The number of anilines is 1. The smallest absolute Gasteiger partial charge is 0.321 e. The van der Waals surface area contributed by atoms with Gasteiger partial charge in [0.25, 0.3) is 5.56 Å². The van der Waals surface area contributed by atoms with E-state index in [1.807, 2.05) is 0 Å². The third-order valence-corrected chi connectivity index (χ3v) is 3.08. The van der Waals surface area contributed by atoms with Crippen LogP contribution in [0.2, 0.25) is 5.02 Å². The lowest BCUT2D eigenvalue weighted by molar-refractivity contribution is 0.0665. The maximum Gasteiger partial charge on any atom is 0.321 e. The van der Waals surface area contributed by atoms with Crippen LogP contribution >= 0.6 is 11.6 Å². The van der Waals surface area contributed by atoms with Crippen LogP contribution in [0, 0.1) is 0 Å². The number of halogens is 3. The van der Waals surface area contributed by atoms with Gasteiger partial charge in [-0.05, 0) is 12.1 Å². The highest BCUT2D eigenvalue weighted by Crippen LogP contribution is 2.25. The maximum atomic E-state index is 12.8. The number of rotatable bonds is 2. The Balaban J connectivity index is 2.29. The highest BCUT2D eigenvalue weighted by atomic mass is 35.5. The minimum atomic E-state index is -2.94. The van der Waals surface area contributed by atoms with E-state index in [1.165, 1.54) is 22.7 Å². The fourth-order valence-corrected chi connectivity index (χ4v) is 2.18. The van der Waals surface area contributed by atoms with Gasteiger partial charge in [-0.2, -0.15) is 13.8 Å². The van der Waals surface area contributed by atoms with E-state index in [1.54, 1.807) is 0 Å². The molecule has 0 bridgehead atoms. The molecule has 0 spiro atoms. The molecule has 0 aromatic carbocycles. The summed E-state index contributed by atoms with van der Waals surface area (Å²) in [6.07, 6.45) is 1.04. The monoisotopic (exact) mass is 311 g/mol. The number of hydrogen-bond acceptors (Lipinski definition) is 4. The van der Waals surface area contributed by atoms with Crippen molar-refractivity contribution in [3.05, 3.63) is 45.8 Å². The maximum absolute atomic E-state index is 12.8. The summed E-state index contributed by atoms with van der Waals surface area (Å²) < 4.78 is 27.3. The Morgan fingerprint density at radius 3 is 2.76 bits per heavy atom. The summed E-state index contributed by atoms with van der Waals surface area (Å²) in [6.45, 7) is -2.94. The van der Waals surface area contributed by atoms with E-state index >= 15 is 0 Å². The van der Waals surface area contributed by atoms with Crippen molar-refractivity contribution in [3.8, 4) is 11.3 Å². The Hall–Kier alpha value is -2.48. The standard InChI is InChI=1S/C12H8ClF2N5O/c13-7-3-8(20-9(4-7)17-12(16)18-20)6-1-2-10(21)19(5-6)11(14)15/h1-5,11H,(H2,16,18). The molecule has 0 amide bonds. The first-order chi connectivity index (χ1) is 9.95. The molecule has 21 heavy (non-hydrogen) atoms. The lowest BCUT2D eigenvalue weighted by Gasteiger charge is -2.08. The molecular weight excluding hydrogens is 304 g/mol. The fourth-order valence-electron chi connectivity index (χ4n) is 1.98. The SMILES string of the molecule is Nc1nc2cc(Cl)cc(-c3ccc(=O)n(C(F)F)c3)n2n1. The van der Waals surface area contributed by atoms with E-state index in [9.17, 15) is 13.6 Å². The summed E-state index contributed by atoms with van der Waals surface area (Å²) in [4.78, 5) is 15.3. The molecule has 0 saturated carbocycles. The minimum Gasteiger partial charge on any atom is -0.366 e. The summed E-state index contributed by atoms with van der Waals surface area (Å²) in [5.41, 5.74) is 5.85. The van der Waals surface area contributed by atoms with Gasteiger partial charge >= 0.3 is 6.55 Å². The van der Waals surface area contributed by atoms with Gasteiger partial charge in [-0.25, -0.2) is 4.52 Å². The van der Waals surface area contributed by atoms with E-state index in [0.29, 0.717) is 26.5 Å². The predicted octanol–water partition coefficient (Wildman–Crippen LogP) is 2.19. The van der Waals surface area contributed by atoms with Gasteiger partial charge in [0.15, 0.2) is 5.65 Å². The van der Waals surface area contributed by atoms with Crippen LogP contribution in [-0.2, 0) is 0 Å². The Labute approximate surface area is 121 Å². The highest BCUT2D eigenvalue weighted by Gasteiger charge is 2.13. The van der Waals surface area contributed by atoms with Crippen molar-refractivity contribution >= 4 is 23.2 Å². The molecule has 108 valence electrons. The molecule has 9 heteroatoms. The quantitative estimate of drug-likeness (QED) is 0.787. The number of nitrogen functional groups attached to an aromatic ring is 1. The van der Waals surface area contributed by atoms with Crippen molar-refractivity contribution < 1.29 is 8.78 Å². The van der Waals surface area contributed by atoms with Gasteiger partial charge < -0.3 is 5.73 Å². The van der Waals surface area contributed by atoms with E-state index in [0.717, 1.165) is 12.3 Å². The van der Waals surface area contributed by atoms with Crippen molar-refractivity contribution in [1.29, 1.82) is 0 Å². The Kier molecular flexibility index (Phi) is 3.09. The summed E-state index contributed by atoms with van der Waals surface area (Å²) in [7, 11) is 0. The number of nitrogens with zero attached hydrogens (tertiary/aromatic N) is 4. The van der Waals surface area contributed by atoms with Crippen LogP contribution in [0.5, 0.6) is 0 Å².